The number of hydrogen-bond donors (Lipinski definition) is 2. The zero-order valence-electron chi connectivity index (χ0n) is 15.4. The summed E-state index contributed by atoms with van der Waals surface area (Å²) in [4.78, 5) is 21.5. The highest BCUT2D eigenvalue weighted by Crippen LogP contribution is 2.28. The van der Waals surface area contributed by atoms with Gasteiger partial charge in [0.1, 0.15) is 5.75 Å². The third kappa shape index (κ3) is 3.44. The minimum atomic E-state index is -0.229. The highest BCUT2D eigenvalue weighted by molar-refractivity contribution is 6.30. The topological polar surface area (TPSA) is 84.3 Å². The lowest BCUT2D eigenvalue weighted by Crippen LogP contribution is -2.17. The largest absolute Gasteiger partial charge is 0.495 e. The van der Waals surface area contributed by atoms with E-state index in [2.05, 4.69) is 20.4 Å². The van der Waals surface area contributed by atoms with Crippen molar-refractivity contribution in [2.45, 2.75) is 13.5 Å². The molecule has 142 valence electrons. The van der Waals surface area contributed by atoms with Crippen molar-refractivity contribution in [1.29, 1.82) is 0 Å². The van der Waals surface area contributed by atoms with E-state index < -0.39 is 0 Å². The van der Waals surface area contributed by atoms with Crippen LogP contribution < -0.4 is 15.6 Å². The molecule has 0 saturated carbocycles. The van der Waals surface area contributed by atoms with Crippen LogP contribution in [0.15, 0.2) is 53.3 Å². The molecule has 2 aromatic heterocycles. The predicted octanol–water partition coefficient (Wildman–Crippen LogP) is 3.67. The van der Waals surface area contributed by atoms with Crippen LogP contribution in [0.1, 0.15) is 11.3 Å². The lowest BCUT2D eigenvalue weighted by molar-refractivity contribution is 0.416. The molecule has 8 heteroatoms. The van der Waals surface area contributed by atoms with Gasteiger partial charge >= 0.3 is 0 Å². The van der Waals surface area contributed by atoms with E-state index in [9.17, 15) is 4.79 Å². The van der Waals surface area contributed by atoms with Gasteiger partial charge in [0.15, 0.2) is 5.82 Å². The molecule has 4 rings (SSSR count). The summed E-state index contributed by atoms with van der Waals surface area (Å²) in [5.74, 6) is 1.58. The quantitative estimate of drug-likeness (QED) is 0.538. The van der Waals surface area contributed by atoms with E-state index in [0.717, 1.165) is 16.8 Å². The number of benzene rings is 2. The molecule has 2 N–H and O–H groups in total. The molecule has 0 atom stereocenters. The molecule has 28 heavy (non-hydrogen) atoms. The minimum Gasteiger partial charge on any atom is -0.495 e. The van der Waals surface area contributed by atoms with E-state index in [1.165, 1.54) is 10.6 Å². The normalized spacial score (nSPS) is 11.0. The van der Waals surface area contributed by atoms with Crippen LogP contribution >= 0.6 is 11.6 Å². The van der Waals surface area contributed by atoms with Gasteiger partial charge in [-0.05, 0) is 30.7 Å². The van der Waals surface area contributed by atoms with E-state index in [-0.39, 0.29) is 5.56 Å². The summed E-state index contributed by atoms with van der Waals surface area (Å²) < 4.78 is 6.66. The standard InChI is InChI=1S/C20H18ClN5O2/c1-12-5-3-4-6-15(12)19-24-20-23-14(10-18(27)26(20)25-19)11-22-16-9-13(21)7-8-17(16)28-2/h3-10,22H,11H2,1-2H3,(H,23,24,25). The average molecular weight is 396 g/mol. The molecule has 0 unspecified atom stereocenters. The molecule has 0 aliphatic heterocycles. The molecule has 0 saturated heterocycles. The number of nitrogens with zero attached hydrogens (tertiary/aromatic N) is 3. The van der Waals surface area contributed by atoms with Gasteiger partial charge in [0, 0.05) is 16.7 Å². The molecule has 0 aliphatic rings. The number of nitrogens with one attached hydrogen (secondary N) is 2. The molecule has 2 aromatic carbocycles. The van der Waals surface area contributed by atoms with Crippen LogP contribution in [-0.4, -0.2) is 26.7 Å². The van der Waals surface area contributed by atoms with Gasteiger partial charge in [-0.3, -0.25) is 9.89 Å². The maximum absolute atomic E-state index is 12.5. The molecule has 0 radical (unpaired) electrons. The fraction of sp³-hybridized carbons (Fsp3) is 0.150. The Hall–Kier alpha value is -3.32. The van der Waals surface area contributed by atoms with Gasteiger partial charge in [-0.15, -0.1) is 0 Å². The van der Waals surface area contributed by atoms with Crippen LogP contribution in [0.4, 0.5) is 5.69 Å². The first kappa shape index (κ1) is 18.1. The minimum absolute atomic E-state index is 0.229. The van der Waals surface area contributed by atoms with E-state index in [1.807, 2.05) is 31.2 Å². The first-order valence-electron chi connectivity index (χ1n) is 8.67. The summed E-state index contributed by atoms with van der Waals surface area (Å²) in [6.45, 7) is 2.32. The predicted molar refractivity (Wildman–Crippen MR) is 109 cm³/mol. The number of fused-ring (bicyclic) bond motifs is 1. The molecule has 7 nitrogen and oxygen atoms in total. The summed E-state index contributed by atoms with van der Waals surface area (Å²) in [7, 11) is 1.59. The van der Waals surface area contributed by atoms with Gasteiger partial charge in [0.05, 0.1) is 25.0 Å². The Morgan fingerprint density at radius 1 is 1.18 bits per heavy atom. The maximum atomic E-state index is 12.5. The van der Waals surface area contributed by atoms with Crippen molar-refractivity contribution in [2.75, 3.05) is 12.4 Å². The Morgan fingerprint density at radius 2 is 2.00 bits per heavy atom. The van der Waals surface area contributed by atoms with Gasteiger partial charge in [-0.1, -0.05) is 35.9 Å². The lowest BCUT2D eigenvalue weighted by Gasteiger charge is -2.11. The molecule has 0 fully saturated rings. The Bertz CT molecular complexity index is 1210. The first-order chi connectivity index (χ1) is 13.5. The van der Waals surface area contributed by atoms with Gasteiger partial charge in [-0.2, -0.15) is 9.50 Å². The highest BCUT2D eigenvalue weighted by atomic mass is 35.5. The lowest BCUT2D eigenvalue weighted by atomic mass is 10.1. The second-order valence-electron chi connectivity index (χ2n) is 6.31. The van der Waals surface area contributed by atoms with Crippen LogP contribution in [0.3, 0.4) is 0 Å². The summed E-state index contributed by atoms with van der Waals surface area (Å²) in [6, 6.07) is 14.6. The average Bonchev–Trinajstić information content (AvgIpc) is 3.11. The summed E-state index contributed by atoms with van der Waals surface area (Å²) >= 11 is 6.05. The van der Waals surface area contributed by atoms with Crippen LogP contribution in [-0.2, 0) is 6.54 Å². The van der Waals surface area contributed by atoms with E-state index in [0.29, 0.717) is 34.6 Å². The number of rotatable bonds is 5. The van der Waals surface area contributed by atoms with Crippen LogP contribution in [0.25, 0.3) is 17.2 Å². The van der Waals surface area contributed by atoms with Crippen molar-refractivity contribution in [3.63, 3.8) is 0 Å². The number of methoxy groups -OCH3 is 1. The number of H-pyrrole nitrogens is 1. The van der Waals surface area contributed by atoms with Crippen molar-refractivity contribution < 1.29 is 4.74 Å². The maximum Gasteiger partial charge on any atom is 0.274 e. The van der Waals surface area contributed by atoms with Crippen LogP contribution in [0.2, 0.25) is 5.02 Å². The summed E-state index contributed by atoms with van der Waals surface area (Å²) in [5, 5.41) is 6.81. The number of halogens is 1. The van der Waals surface area contributed by atoms with Crippen molar-refractivity contribution in [3.05, 3.63) is 75.2 Å². The molecule has 0 bridgehead atoms. The van der Waals surface area contributed by atoms with Gasteiger partial charge in [0.2, 0.25) is 0 Å². The van der Waals surface area contributed by atoms with Gasteiger partial charge in [-0.25, -0.2) is 4.98 Å². The number of anilines is 1. The van der Waals surface area contributed by atoms with E-state index in [4.69, 9.17) is 16.3 Å². The first-order valence-corrected chi connectivity index (χ1v) is 9.05. The Labute approximate surface area is 166 Å². The van der Waals surface area contributed by atoms with Crippen molar-refractivity contribution in [3.8, 4) is 17.1 Å². The Kier molecular flexibility index (Phi) is 4.75. The molecular weight excluding hydrogens is 378 g/mol. The van der Waals surface area contributed by atoms with Crippen molar-refractivity contribution in [1.82, 2.24) is 19.6 Å². The SMILES string of the molecule is COc1ccc(Cl)cc1NCc1cc(=O)n2[nH]c(-c3ccccc3C)nc2n1. The third-order valence-corrected chi connectivity index (χ3v) is 4.64. The molecule has 0 spiro atoms. The summed E-state index contributed by atoms with van der Waals surface area (Å²) in [6.07, 6.45) is 0. The second kappa shape index (κ2) is 7.36. The monoisotopic (exact) mass is 395 g/mol. The van der Waals surface area contributed by atoms with Crippen molar-refractivity contribution >= 4 is 23.1 Å². The van der Waals surface area contributed by atoms with Crippen LogP contribution in [0.5, 0.6) is 5.75 Å². The molecular formula is C20H18ClN5O2. The zero-order valence-corrected chi connectivity index (χ0v) is 16.1. The highest BCUT2D eigenvalue weighted by Gasteiger charge is 2.11. The Balaban J connectivity index is 1.66. The second-order valence-corrected chi connectivity index (χ2v) is 6.74. The van der Waals surface area contributed by atoms with Crippen molar-refractivity contribution in [2.24, 2.45) is 0 Å². The summed E-state index contributed by atoms with van der Waals surface area (Å²) in [5.41, 5.74) is 3.04. The molecule has 0 amide bonds. The Morgan fingerprint density at radius 3 is 2.79 bits per heavy atom. The van der Waals surface area contributed by atoms with Gasteiger partial charge in [0.25, 0.3) is 11.3 Å². The van der Waals surface area contributed by atoms with Gasteiger partial charge < -0.3 is 10.1 Å². The van der Waals surface area contributed by atoms with E-state index in [1.54, 1.807) is 25.3 Å². The van der Waals surface area contributed by atoms with E-state index >= 15 is 0 Å². The third-order valence-electron chi connectivity index (χ3n) is 4.41. The molecule has 4 aromatic rings. The number of ether oxygens (including phenoxy) is 1. The number of hydrogen-bond acceptors (Lipinski definition) is 5. The number of aromatic amines is 1. The fourth-order valence-electron chi connectivity index (χ4n) is 2.98. The number of aryl methyl sites for hydroxylation is 1. The van der Waals surface area contributed by atoms with Crippen LogP contribution in [0, 0.1) is 6.92 Å². The fourth-order valence-corrected chi connectivity index (χ4v) is 3.15. The molecule has 2 heterocycles. The zero-order chi connectivity index (χ0) is 19.7. The number of aromatic nitrogens is 4. The smallest absolute Gasteiger partial charge is 0.274 e. The molecule has 0 aliphatic carbocycles.